The third-order valence-electron chi connectivity index (χ3n) is 3.89. The predicted molar refractivity (Wildman–Crippen MR) is 91.5 cm³/mol. The van der Waals surface area contributed by atoms with E-state index in [-0.39, 0.29) is 24.0 Å². The van der Waals surface area contributed by atoms with Crippen LogP contribution in [0.15, 0.2) is 35.1 Å². The first kappa shape index (κ1) is 17.2. The smallest absolute Gasteiger partial charge is 0.252 e. The first-order valence-corrected chi connectivity index (χ1v) is 8.02. The van der Waals surface area contributed by atoms with Gasteiger partial charge in [-0.25, -0.2) is 0 Å². The van der Waals surface area contributed by atoms with Gasteiger partial charge in [-0.1, -0.05) is 32.0 Å². The van der Waals surface area contributed by atoms with Crippen LogP contribution in [0.1, 0.15) is 37.0 Å². The van der Waals surface area contributed by atoms with Crippen LogP contribution in [-0.2, 0) is 0 Å². The summed E-state index contributed by atoms with van der Waals surface area (Å²) in [4.78, 5) is 26.9. The van der Waals surface area contributed by atoms with Gasteiger partial charge in [-0.05, 0) is 30.7 Å². The molecular formula is C18H24N2O3. The van der Waals surface area contributed by atoms with E-state index in [1.807, 2.05) is 18.2 Å². The fourth-order valence-corrected chi connectivity index (χ4v) is 2.88. The zero-order chi connectivity index (χ0) is 16.8. The quantitative estimate of drug-likeness (QED) is 0.733. The summed E-state index contributed by atoms with van der Waals surface area (Å²) in [6.07, 6.45) is 1.60. The maximum Gasteiger partial charge on any atom is 0.252 e. The van der Waals surface area contributed by atoms with Crippen molar-refractivity contribution < 1.29 is 9.90 Å². The van der Waals surface area contributed by atoms with E-state index in [0.717, 1.165) is 11.8 Å². The number of rotatable bonds is 7. The molecular weight excluding hydrogens is 292 g/mol. The van der Waals surface area contributed by atoms with Gasteiger partial charge in [0.05, 0.1) is 5.56 Å². The fraction of sp³-hybridized carbons (Fsp3) is 0.444. The van der Waals surface area contributed by atoms with Crippen LogP contribution in [-0.4, -0.2) is 29.1 Å². The Bertz CT molecular complexity index is 722. The van der Waals surface area contributed by atoms with Crippen molar-refractivity contribution in [1.29, 1.82) is 0 Å². The predicted octanol–water partition coefficient (Wildman–Crippen LogP) is 2.30. The Morgan fingerprint density at radius 3 is 2.74 bits per heavy atom. The highest BCUT2D eigenvalue weighted by Gasteiger charge is 2.15. The number of nitrogens with one attached hydrogen (secondary N) is 2. The third kappa shape index (κ3) is 4.66. The van der Waals surface area contributed by atoms with Gasteiger partial charge >= 0.3 is 0 Å². The topological polar surface area (TPSA) is 82.2 Å². The lowest BCUT2D eigenvalue weighted by molar-refractivity contribution is 0.0943. The molecule has 3 N–H and O–H groups in total. The molecule has 0 bridgehead atoms. The first-order chi connectivity index (χ1) is 11.0. The van der Waals surface area contributed by atoms with Crippen molar-refractivity contribution in [2.45, 2.75) is 26.7 Å². The second kappa shape index (κ2) is 7.92. The highest BCUT2D eigenvalue weighted by molar-refractivity contribution is 6.05. The molecule has 1 unspecified atom stereocenters. The Balaban J connectivity index is 2.16. The van der Waals surface area contributed by atoms with Gasteiger partial charge in [-0.2, -0.15) is 0 Å². The molecule has 0 radical (unpaired) electrons. The highest BCUT2D eigenvalue weighted by atomic mass is 16.3. The van der Waals surface area contributed by atoms with E-state index in [4.69, 9.17) is 5.11 Å². The minimum atomic E-state index is -0.289. The molecule has 2 rings (SSSR count). The normalized spacial score (nSPS) is 12.5. The van der Waals surface area contributed by atoms with Crippen molar-refractivity contribution >= 4 is 16.8 Å². The lowest BCUT2D eigenvalue weighted by atomic mass is 9.94. The summed E-state index contributed by atoms with van der Waals surface area (Å²) < 4.78 is 0. The molecule has 124 valence electrons. The molecule has 23 heavy (non-hydrogen) atoms. The second-order valence-electron chi connectivity index (χ2n) is 6.31. The maximum absolute atomic E-state index is 12.5. The summed E-state index contributed by atoms with van der Waals surface area (Å²) in [5, 5.41) is 12.8. The number of benzene rings is 1. The number of aliphatic hydroxyl groups excluding tert-OH is 1. The van der Waals surface area contributed by atoms with E-state index in [1.54, 1.807) is 6.07 Å². The highest BCUT2D eigenvalue weighted by Crippen LogP contribution is 2.16. The molecule has 0 aliphatic carbocycles. The molecule has 0 saturated heterocycles. The van der Waals surface area contributed by atoms with Crippen molar-refractivity contribution in [3.63, 3.8) is 0 Å². The Kier molecular flexibility index (Phi) is 5.93. The number of hydrogen-bond donors (Lipinski definition) is 3. The van der Waals surface area contributed by atoms with Crippen LogP contribution in [0.5, 0.6) is 0 Å². The van der Waals surface area contributed by atoms with Crippen LogP contribution in [0.4, 0.5) is 0 Å². The first-order valence-electron chi connectivity index (χ1n) is 8.02. The Morgan fingerprint density at radius 1 is 1.30 bits per heavy atom. The SMILES string of the molecule is CC(C)CC(CCO)CNC(=O)c1cc(=O)[nH]c2ccccc12. The number of pyridine rings is 1. The van der Waals surface area contributed by atoms with Crippen molar-refractivity contribution in [3.8, 4) is 0 Å². The molecule has 5 heteroatoms. The monoisotopic (exact) mass is 316 g/mol. The molecule has 1 amide bonds. The number of para-hydroxylation sites is 1. The molecule has 1 heterocycles. The van der Waals surface area contributed by atoms with Gasteiger partial charge in [-0.15, -0.1) is 0 Å². The minimum absolute atomic E-state index is 0.112. The molecule has 1 aromatic carbocycles. The van der Waals surface area contributed by atoms with Gasteiger partial charge in [0.15, 0.2) is 0 Å². The molecule has 0 fully saturated rings. The molecule has 1 atom stereocenters. The van der Waals surface area contributed by atoms with E-state index in [1.165, 1.54) is 6.07 Å². The van der Waals surface area contributed by atoms with Gasteiger partial charge in [0, 0.05) is 30.1 Å². The van der Waals surface area contributed by atoms with Crippen LogP contribution in [0.2, 0.25) is 0 Å². The zero-order valence-corrected chi connectivity index (χ0v) is 13.6. The fourth-order valence-electron chi connectivity index (χ4n) is 2.88. The number of aromatic amines is 1. The Morgan fingerprint density at radius 2 is 2.04 bits per heavy atom. The molecule has 1 aromatic heterocycles. The maximum atomic E-state index is 12.5. The Hall–Kier alpha value is -2.14. The number of amides is 1. The van der Waals surface area contributed by atoms with Crippen molar-refractivity contribution in [1.82, 2.24) is 10.3 Å². The standard InChI is InChI=1S/C18H24N2O3/c1-12(2)9-13(7-8-21)11-19-18(23)15-10-17(22)20-16-6-4-3-5-14(15)16/h3-6,10,12-13,21H,7-9,11H2,1-2H3,(H,19,23)(H,20,22). The van der Waals surface area contributed by atoms with Crippen LogP contribution >= 0.6 is 0 Å². The third-order valence-corrected chi connectivity index (χ3v) is 3.89. The average Bonchev–Trinajstić information content (AvgIpc) is 2.51. The molecule has 5 nitrogen and oxygen atoms in total. The average molecular weight is 316 g/mol. The molecule has 2 aromatic rings. The number of fused-ring (bicyclic) bond motifs is 1. The van der Waals surface area contributed by atoms with Gasteiger partial charge in [0.1, 0.15) is 0 Å². The lowest BCUT2D eigenvalue weighted by Gasteiger charge is -2.18. The van der Waals surface area contributed by atoms with E-state index in [0.29, 0.717) is 30.0 Å². The van der Waals surface area contributed by atoms with Gasteiger partial charge in [-0.3, -0.25) is 9.59 Å². The summed E-state index contributed by atoms with van der Waals surface area (Å²) in [7, 11) is 0. The van der Waals surface area contributed by atoms with E-state index in [9.17, 15) is 9.59 Å². The van der Waals surface area contributed by atoms with Crippen molar-refractivity contribution in [2.24, 2.45) is 11.8 Å². The zero-order valence-electron chi connectivity index (χ0n) is 13.6. The lowest BCUT2D eigenvalue weighted by Crippen LogP contribution is -2.31. The largest absolute Gasteiger partial charge is 0.396 e. The number of H-pyrrole nitrogens is 1. The van der Waals surface area contributed by atoms with Gasteiger partial charge in [0.25, 0.3) is 5.91 Å². The number of hydrogen-bond acceptors (Lipinski definition) is 3. The summed E-state index contributed by atoms with van der Waals surface area (Å²) in [6, 6.07) is 8.59. The summed E-state index contributed by atoms with van der Waals surface area (Å²) in [6.45, 7) is 4.85. The molecule has 0 aliphatic heterocycles. The van der Waals surface area contributed by atoms with Gasteiger partial charge < -0.3 is 15.4 Å². The van der Waals surface area contributed by atoms with Crippen LogP contribution in [0.25, 0.3) is 10.9 Å². The number of carbonyl (C=O) groups is 1. The second-order valence-corrected chi connectivity index (χ2v) is 6.31. The van der Waals surface area contributed by atoms with Crippen molar-refractivity contribution in [3.05, 3.63) is 46.2 Å². The Labute approximate surface area is 135 Å². The number of aliphatic hydroxyl groups is 1. The minimum Gasteiger partial charge on any atom is -0.396 e. The van der Waals surface area contributed by atoms with E-state index < -0.39 is 0 Å². The van der Waals surface area contributed by atoms with Crippen LogP contribution < -0.4 is 10.9 Å². The number of aromatic nitrogens is 1. The van der Waals surface area contributed by atoms with Crippen LogP contribution in [0.3, 0.4) is 0 Å². The molecule has 0 saturated carbocycles. The molecule has 0 aliphatic rings. The van der Waals surface area contributed by atoms with E-state index >= 15 is 0 Å². The molecule has 0 spiro atoms. The summed E-state index contributed by atoms with van der Waals surface area (Å²) >= 11 is 0. The van der Waals surface area contributed by atoms with Crippen LogP contribution in [0, 0.1) is 11.8 Å². The van der Waals surface area contributed by atoms with Crippen molar-refractivity contribution in [2.75, 3.05) is 13.2 Å². The van der Waals surface area contributed by atoms with E-state index in [2.05, 4.69) is 24.1 Å². The van der Waals surface area contributed by atoms with Gasteiger partial charge in [0.2, 0.25) is 5.56 Å². The summed E-state index contributed by atoms with van der Waals surface area (Å²) in [5.74, 6) is 0.486. The summed E-state index contributed by atoms with van der Waals surface area (Å²) in [5.41, 5.74) is 0.749. The number of carbonyl (C=O) groups excluding carboxylic acids is 1.